The predicted molar refractivity (Wildman–Crippen MR) is 146 cm³/mol. The summed E-state index contributed by atoms with van der Waals surface area (Å²) in [5.41, 5.74) is 3.12. The molecular formula is C26H37IN4O2. The van der Waals surface area contributed by atoms with Gasteiger partial charge >= 0.3 is 0 Å². The molecule has 3 rings (SSSR count). The largest absolute Gasteiger partial charge is 0.490 e. The van der Waals surface area contributed by atoms with Gasteiger partial charge in [-0.3, -0.25) is 9.79 Å². The number of amides is 1. The summed E-state index contributed by atoms with van der Waals surface area (Å²) in [5.74, 6) is 1.78. The third kappa shape index (κ3) is 8.87. The van der Waals surface area contributed by atoms with Crippen LogP contribution in [0.1, 0.15) is 47.2 Å². The number of benzene rings is 2. The predicted octanol–water partition coefficient (Wildman–Crippen LogP) is 4.28. The van der Waals surface area contributed by atoms with Crippen LogP contribution in [0, 0.1) is 0 Å². The van der Waals surface area contributed by atoms with Gasteiger partial charge in [0, 0.05) is 39.8 Å². The molecule has 2 aromatic rings. The van der Waals surface area contributed by atoms with Gasteiger partial charge in [0.1, 0.15) is 5.75 Å². The summed E-state index contributed by atoms with van der Waals surface area (Å²) in [4.78, 5) is 18.0. The van der Waals surface area contributed by atoms with Gasteiger partial charge in [0.05, 0.1) is 6.10 Å². The van der Waals surface area contributed by atoms with Crippen molar-refractivity contribution in [3.05, 3.63) is 65.2 Å². The maximum atomic E-state index is 12.1. The molecule has 0 atom stereocenters. The number of ether oxygens (including phenoxy) is 1. The molecule has 2 aromatic carbocycles. The van der Waals surface area contributed by atoms with E-state index in [2.05, 4.69) is 39.9 Å². The molecule has 0 aromatic heterocycles. The highest BCUT2D eigenvalue weighted by Gasteiger charge is 2.16. The lowest BCUT2D eigenvalue weighted by Gasteiger charge is -2.14. The minimum atomic E-state index is 0. The number of hydrogen-bond donors (Lipinski definition) is 2. The van der Waals surface area contributed by atoms with Crippen molar-refractivity contribution in [2.75, 3.05) is 34.2 Å². The van der Waals surface area contributed by atoms with E-state index in [1.165, 1.54) is 31.2 Å². The monoisotopic (exact) mass is 564 g/mol. The Hall–Kier alpha value is -2.29. The Bertz CT molecular complexity index is 893. The molecule has 0 unspecified atom stereocenters. The van der Waals surface area contributed by atoms with E-state index in [-0.39, 0.29) is 29.9 Å². The fourth-order valence-corrected chi connectivity index (χ4v) is 3.92. The van der Waals surface area contributed by atoms with Crippen LogP contribution >= 0.6 is 24.0 Å². The number of guanidine groups is 1. The van der Waals surface area contributed by atoms with Crippen LogP contribution in [0.5, 0.6) is 5.75 Å². The summed E-state index contributed by atoms with van der Waals surface area (Å²) in [7, 11) is 5.32. The summed E-state index contributed by atoms with van der Waals surface area (Å²) >= 11 is 0. The minimum absolute atomic E-state index is 0. The molecule has 33 heavy (non-hydrogen) atoms. The summed E-state index contributed by atoms with van der Waals surface area (Å²) in [6.45, 7) is 1.54. The Morgan fingerprint density at radius 2 is 1.64 bits per heavy atom. The molecule has 0 radical (unpaired) electrons. The number of hydrogen-bond acceptors (Lipinski definition) is 3. The zero-order chi connectivity index (χ0) is 22.8. The summed E-state index contributed by atoms with van der Waals surface area (Å²) in [6, 6.07) is 16.2. The van der Waals surface area contributed by atoms with Crippen molar-refractivity contribution >= 4 is 35.8 Å². The lowest BCUT2D eigenvalue weighted by Crippen LogP contribution is -2.39. The average molecular weight is 565 g/mol. The van der Waals surface area contributed by atoms with Crippen LogP contribution in [0.15, 0.2) is 53.5 Å². The zero-order valence-electron chi connectivity index (χ0n) is 20.0. The molecule has 0 heterocycles. The van der Waals surface area contributed by atoms with Crippen molar-refractivity contribution in [2.45, 2.75) is 44.6 Å². The van der Waals surface area contributed by atoms with Gasteiger partial charge in [0.15, 0.2) is 5.96 Å². The van der Waals surface area contributed by atoms with Gasteiger partial charge in [-0.25, -0.2) is 0 Å². The van der Waals surface area contributed by atoms with Gasteiger partial charge in [0.25, 0.3) is 5.91 Å². The van der Waals surface area contributed by atoms with E-state index in [0.717, 1.165) is 48.8 Å². The highest BCUT2D eigenvalue weighted by Crippen LogP contribution is 2.24. The Morgan fingerprint density at radius 1 is 1.00 bits per heavy atom. The topological polar surface area (TPSA) is 66.0 Å². The molecule has 0 spiro atoms. The standard InChI is InChI=1S/C26H36N4O2.HI/c1-27-26(29-18-16-21-7-6-8-22(19-21)25(31)30(2)3)28-17-15-20-11-13-24(14-12-20)32-23-9-4-5-10-23;/h6-8,11-14,19,23H,4-5,9-10,15-18H2,1-3H3,(H2,27,28,29);1H. The molecule has 1 amide bonds. The first-order chi connectivity index (χ1) is 15.5. The highest BCUT2D eigenvalue weighted by molar-refractivity contribution is 14.0. The fraction of sp³-hybridized carbons (Fsp3) is 0.462. The van der Waals surface area contributed by atoms with Gasteiger partial charge in [0.2, 0.25) is 0 Å². The van der Waals surface area contributed by atoms with Crippen LogP contribution in [0.2, 0.25) is 0 Å². The van der Waals surface area contributed by atoms with E-state index in [9.17, 15) is 4.79 Å². The number of carbonyl (C=O) groups excluding carboxylic acids is 1. The molecule has 7 heteroatoms. The smallest absolute Gasteiger partial charge is 0.253 e. The van der Waals surface area contributed by atoms with Gasteiger partial charge in [-0.15, -0.1) is 24.0 Å². The van der Waals surface area contributed by atoms with Crippen LogP contribution in [-0.2, 0) is 12.8 Å². The van der Waals surface area contributed by atoms with E-state index in [4.69, 9.17) is 4.74 Å². The Balaban J connectivity index is 0.00000385. The van der Waals surface area contributed by atoms with Gasteiger partial charge < -0.3 is 20.3 Å². The molecule has 1 saturated carbocycles. The van der Waals surface area contributed by atoms with Gasteiger partial charge in [-0.1, -0.05) is 24.3 Å². The molecule has 0 bridgehead atoms. The SMILES string of the molecule is CN=C(NCCc1ccc(OC2CCCC2)cc1)NCCc1cccc(C(=O)N(C)C)c1.I. The van der Waals surface area contributed by atoms with E-state index in [0.29, 0.717) is 6.10 Å². The van der Waals surface area contributed by atoms with Crippen LogP contribution in [0.3, 0.4) is 0 Å². The van der Waals surface area contributed by atoms with Crippen molar-refractivity contribution in [2.24, 2.45) is 4.99 Å². The third-order valence-corrected chi connectivity index (χ3v) is 5.74. The van der Waals surface area contributed by atoms with Crippen LogP contribution in [-0.4, -0.2) is 57.1 Å². The van der Waals surface area contributed by atoms with Crippen LogP contribution in [0.25, 0.3) is 0 Å². The van der Waals surface area contributed by atoms with Gasteiger partial charge in [-0.05, 0) is 73.9 Å². The molecule has 1 aliphatic rings. The Morgan fingerprint density at radius 3 is 2.24 bits per heavy atom. The molecular weight excluding hydrogens is 527 g/mol. The van der Waals surface area contributed by atoms with Crippen molar-refractivity contribution in [3.63, 3.8) is 0 Å². The van der Waals surface area contributed by atoms with E-state index in [1.54, 1.807) is 26.0 Å². The summed E-state index contributed by atoms with van der Waals surface area (Å²) < 4.78 is 6.04. The molecule has 1 fully saturated rings. The number of nitrogens with one attached hydrogen (secondary N) is 2. The summed E-state index contributed by atoms with van der Waals surface area (Å²) in [6.07, 6.45) is 7.05. The second kappa shape index (κ2) is 14.1. The molecule has 0 aliphatic heterocycles. The Labute approximate surface area is 215 Å². The fourth-order valence-electron chi connectivity index (χ4n) is 3.92. The third-order valence-electron chi connectivity index (χ3n) is 5.74. The second-order valence-electron chi connectivity index (χ2n) is 8.49. The summed E-state index contributed by atoms with van der Waals surface area (Å²) in [5, 5.41) is 6.72. The van der Waals surface area contributed by atoms with E-state index < -0.39 is 0 Å². The molecule has 6 nitrogen and oxygen atoms in total. The average Bonchev–Trinajstić information content (AvgIpc) is 3.32. The Kier molecular flexibility index (Phi) is 11.5. The van der Waals surface area contributed by atoms with Crippen molar-refractivity contribution < 1.29 is 9.53 Å². The number of aliphatic imine (C=N–C) groups is 1. The maximum Gasteiger partial charge on any atom is 0.253 e. The number of rotatable bonds is 9. The lowest BCUT2D eigenvalue weighted by molar-refractivity contribution is 0.0827. The normalized spacial score (nSPS) is 13.8. The molecule has 0 saturated heterocycles. The van der Waals surface area contributed by atoms with Crippen molar-refractivity contribution in [3.8, 4) is 5.75 Å². The molecule has 180 valence electrons. The highest BCUT2D eigenvalue weighted by atomic mass is 127. The minimum Gasteiger partial charge on any atom is -0.490 e. The first kappa shape index (κ1) is 27.0. The quantitative estimate of drug-likeness (QED) is 0.271. The first-order valence-electron chi connectivity index (χ1n) is 11.6. The zero-order valence-corrected chi connectivity index (χ0v) is 22.3. The van der Waals surface area contributed by atoms with Gasteiger partial charge in [-0.2, -0.15) is 0 Å². The van der Waals surface area contributed by atoms with Crippen LogP contribution < -0.4 is 15.4 Å². The number of nitrogens with zero attached hydrogens (tertiary/aromatic N) is 2. The van der Waals surface area contributed by atoms with Crippen molar-refractivity contribution in [1.82, 2.24) is 15.5 Å². The van der Waals surface area contributed by atoms with E-state index >= 15 is 0 Å². The second-order valence-corrected chi connectivity index (χ2v) is 8.49. The maximum absolute atomic E-state index is 12.1. The molecule has 1 aliphatic carbocycles. The number of carbonyl (C=O) groups is 1. The molecule has 2 N–H and O–H groups in total. The lowest BCUT2D eigenvalue weighted by atomic mass is 10.1. The number of halogens is 1. The van der Waals surface area contributed by atoms with Crippen LogP contribution in [0.4, 0.5) is 0 Å². The van der Waals surface area contributed by atoms with E-state index in [1.807, 2.05) is 24.3 Å². The first-order valence-corrected chi connectivity index (χ1v) is 11.6. The van der Waals surface area contributed by atoms with Crippen molar-refractivity contribution in [1.29, 1.82) is 0 Å².